The average molecular weight is 284 g/mol. The van der Waals surface area contributed by atoms with Gasteiger partial charge in [-0.3, -0.25) is 9.59 Å². The molecule has 0 aromatic rings. The first-order chi connectivity index (χ1) is 8.33. The van der Waals surface area contributed by atoms with Crippen molar-refractivity contribution in [2.75, 3.05) is 0 Å². The molecule has 0 rings (SSSR count). The molecule has 2 atom stereocenters. The monoisotopic (exact) mass is 284 g/mol. The molecule has 0 spiro atoms. The zero-order valence-corrected chi connectivity index (χ0v) is 12.4. The molecule has 0 aromatic heterocycles. The lowest BCUT2D eigenvalue weighted by Gasteiger charge is -2.21. The van der Waals surface area contributed by atoms with Crippen LogP contribution in [-0.4, -0.2) is 33.5 Å². The molecule has 0 heterocycles. The molecule has 0 saturated carbocycles. The fraction of sp³-hybridized carbons (Fsp3) is 0.667. The molecule has 0 N–H and O–H groups in total. The lowest BCUT2D eigenvalue weighted by Crippen LogP contribution is -2.29. The van der Waals surface area contributed by atoms with Crippen molar-refractivity contribution in [3.8, 4) is 0 Å². The van der Waals surface area contributed by atoms with Gasteiger partial charge in [0.15, 0.2) is 0 Å². The van der Waals surface area contributed by atoms with Crippen LogP contribution >= 0.6 is 24.4 Å². The molecule has 0 aliphatic carbocycles. The fourth-order valence-corrected chi connectivity index (χ4v) is 2.15. The number of carbonyl (C=O) groups excluding carboxylic acids is 2. The van der Waals surface area contributed by atoms with Crippen molar-refractivity contribution in [3.05, 3.63) is 0 Å². The largest absolute Gasteiger partial charge is 0.300 e. The number of Topliss-reactive ketones (excluding diaryl/α,β-unsaturated/α-hetero) is 2. The van der Waals surface area contributed by atoms with Gasteiger partial charge in [-0.1, -0.05) is 0 Å². The molecule has 98 valence electrons. The Morgan fingerprint density at radius 1 is 1.28 bits per heavy atom. The van der Waals surface area contributed by atoms with Crippen molar-refractivity contribution >= 4 is 46.3 Å². The Kier molecular flexibility index (Phi) is 7.64. The average Bonchev–Trinajstić information content (AvgIpc) is 2.14. The molecule has 0 aliphatic heterocycles. The highest BCUT2D eigenvalue weighted by atomic mass is 32.1. The van der Waals surface area contributed by atoms with Crippen LogP contribution in [0.15, 0.2) is 9.98 Å². The standard InChI is InChI=1S/C12H16N2O2S2/c1-9(13-7-17)4-11(16)6-12(3,14-8-18)5-10(2)15/h9H,4-6H2,1-3H3. The normalized spacial score (nSPS) is 14.6. The maximum Gasteiger partial charge on any atom is 0.137 e. The van der Waals surface area contributed by atoms with Gasteiger partial charge in [0.25, 0.3) is 0 Å². The van der Waals surface area contributed by atoms with Gasteiger partial charge in [-0.05, 0) is 45.2 Å². The first-order valence-corrected chi connectivity index (χ1v) is 6.32. The van der Waals surface area contributed by atoms with Crippen LogP contribution in [0.1, 0.15) is 40.0 Å². The van der Waals surface area contributed by atoms with Crippen LogP contribution < -0.4 is 0 Å². The maximum absolute atomic E-state index is 11.8. The molecule has 0 fully saturated rings. The summed E-state index contributed by atoms with van der Waals surface area (Å²) in [6.45, 7) is 4.96. The maximum atomic E-state index is 11.8. The molecule has 0 bridgehead atoms. The van der Waals surface area contributed by atoms with Crippen molar-refractivity contribution < 1.29 is 9.59 Å². The van der Waals surface area contributed by atoms with E-state index in [1.54, 1.807) is 13.8 Å². The predicted molar refractivity (Wildman–Crippen MR) is 77.5 cm³/mol. The molecule has 2 unspecified atom stereocenters. The first kappa shape index (κ1) is 16.9. The van der Waals surface area contributed by atoms with Crippen LogP contribution in [0, 0.1) is 0 Å². The molecule has 4 nitrogen and oxygen atoms in total. The minimum atomic E-state index is -0.800. The van der Waals surface area contributed by atoms with Gasteiger partial charge >= 0.3 is 0 Å². The number of thiocarbonyl (C=S) groups is 2. The first-order valence-electron chi connectivity index (χ1n) is 5.50. The lowest BCUT2D eigenvalue weighted by atomic mass is 9.89. The van der Waals surface area contributed by atoms with Crippen LogP contribution in [0.2, 0.25) is 0 Å². The topological polar surface area (TPSA) is 58.9 Å². The summed E-state index contributed by atoms with van der Waals surface area (Å²) in [5, 5.41) is 4.49. The number of hydrogen-bond donors (Lipinski definition) is 0. The number of ketones is 2. The Morgan fingerprint density at radius 3 is 2.33 bits per heavy atom. The van der Waals surface area contributed by atoms with E-state index in [-0.39, 0.29) is 36.9 Å². The van der Waals surface area contributed by atoms with Gasteiger partial charge in [0.05, 0.1) is 21.9 Å². The molecular formula is C12H16N2O2S2. The Morgan fingerprint density at radius 2 is 1.89 bits per heavy atom. The third-order valence-corrected chi connectivity index (χ3v) is 2.52. The molecule has 6 heteroatoms. The third-order valence-electron chi connectivity index (χ3n) is 2.32. The summed E-state index contributed by atoms with van der Waals surface area (Å²) >= 11 is 9.03. The minimum absolute atomic E-state index is 0.0331. The van der Waals surface area contributed by atoms with E-state index in [1.807, 2.05) is 0 Å². The second kappa shape index (κ2) is 8.11. The van der Waals surface area contributed by atoms with Gasteiger partial charge in [-0.25, -0.2) is 9.98 Å². The summed E-state index contributed by atoms with van der Waals surface area (Å²) in [4.78, 5) is 30.8. The zero-order valence-electron chi connectivity index (χ0n) is 10.7. The van der Waals surface area contributed by atoms with Crippen LogP contribution in [0.5, 0.6) is 0 Å². The van der Waals surface area contributed by atoms with Crippen molar-refractivity contribution in [2.24, 2.45) is 9.98 Å². The molecule has 0 aliphatic rings. The van der Waals surface area contributed by atoms with Gasteiger partial charge in [-0.15, -0.1) is 0 Å². The van der Waals surface area contributed by atoms with E-state index in [2.05, 4.69) is 44.7 Å². The molecular weight excluding hydrogens is 268 g/mol. The number of carbonyl (C=O) groups is 2. The summed E-state index contributed by atoms with van der Waals surface area (Å²) in [6, 6.07) is -0.201. The van der Waals surface area contributed by atoms with Gasteiger partial charge in [0.1, 0.15) is 11.6 Å². The van der Waals surface area contributed by atoms with Crippen LogP contribution in [0.3, 0.4) is 0 Å². The molecule has 0 amide bonds. The fourth-order valence-electron chi connectivity index (χ4n) is 1.75. The summed E-state index contributed by atoms with van der Waals surface area (Å²) < 4.78 is 0. The molecule has 0 radical (unpaired) electrons. The highest BCUT2D eigenvalue weighted by Crippen LogP contribution is 2.22. The summed E-state index contributed by atoms with van der Waals surface area (Å²) in [5.41, 5.74) is -0.800. The Labute approximate surface area is 118 Å². The zero-order chi connectivity index (χ0) is 14.2. The summed E-state index contributed by atoms with van der Waals surface area (Å²) in [6.07, 6.45) is 0.574. The van der Waals surface area contributed by atoms with Gasteiger partial charge in [0.2, 0.25) is 0 Å². The van der Waals surface area contributed by atoms with E-state index in [0.29, 0.717) is 0 Å². The second-order valence-corrected chi connectivity index (χ2v) is 4.93. The van der Waals surface area contributed by atoms with Crippen molar-refractivity contribution in [2.45, 2.75) is 51.6 Å². The third kappa shape index (κ3) is 7.30. The number of isothiocyanates is 2. The van der Waals surface area contributed by atoms with E-state index >= 15 is 0 Å². The van der Waals surface area contributed by atoms with Gasteiger partial charge < -0.3 is 0 Å². The number of nitrogens with zero attached hydrogens (tertiary/aromatic N) is 2. The van der Waals surface area contributed by atoms with E-state index in [4.69, 9.17) is 0 Å². The predicted octanol–water partition coefficient (Wildman–Crippen LogP) is 2.67. The molecule has 0 aromatic carbocycles. The van der Waals surface area contributed by atoms with E-state index < -0.39 is 5.54 Å². The van der Waals surface area contributed by atoms with Gasteiger partial charge in [-0.2, -0.15) is 0 Å². The second-order valence-electron chi connectivity index (χ2n) is 4.57. The summed E-state index contributed by atoms with van der Waals surface area (Å²) in [5.74, 6) is -0.0708. The highest BCUT2D eigenvalue weighted by molar-refractivity contribution is 7.78. The minimum Gasteiger partial charge on any atom is -0.300 e. The van der Waals surface area contributed by atoms with Gasteiger partial charge in [0, 0.05) is 19.3 Å². The number of hydrogen-bond acceptors (Lipinski definition) is 6. The Balaban J connectivity index is 4.68. The lowest BCUT2D eigenvalue weighted by molar-refractivity contribution is -0.121. The van der Waals surface area contributed by atoms with Crippen LogP contribution in [-0.2, 0) is 9.59 Å². The Bertz CT molecular complexity index is 424. The summed E-state index contributed by atoms with van der Waals surface area (Å²) in [7, 11) is 0. The van der Waals surface area contributed by atoms with Crippen molar-refractivity contribution in [1.29, 1.82) is 0 Å². The van der Waals surface area contributed by atoms with E-state index in [0.717, 1.165) is 0 Å². The quantitative estimate of drug-likeness (QED) is 0.508. The number of aliphatic imine (C=N–C) groups is 2. The van der Waals surface area contributed by atoms with E-state index in [9.17, 15) is 9.59 Å². The Hall–Kier alpha value is -1.06. The van der Waals surface area contributed by atoms with Crippen molar-refractivity contribution in [3.63, 3.8) is 0 Å². The van der Waals surface area contributed by atoms with Crippen LogP contribution in [0.25, 0.3) is 0 Å². The van der Waals surface area contributed by atoms with E-state index in [1.165, 1.54) is 6.92 Å². The van der Waals surface area contributed by atoms with Crippen LogP contribution in [0.4, 0.5) is 0 Å². The smallest absolute Gasteiger partial charge is 0.137 e. The molecule has 0 saturated heterocycles. The highest BCUT2D eigenvalue weighted by Gasteiger charge is 2.28. The number of rotatable bonds is 8. The SMILES string of the molecule is CC(=O)CC(C)(CC(=O)CC(C)N=C=S)N=C=S. The van der Waals surface area contributed by atoms with Crippen molar-refractivity contribution in [1.82, 2.24) is 0 Å². The molecule has 18 heavy (non-hydrogen) atoms.